The van der Waals surface area contributed by atoms with Crippen LogP contribution in [0.5, 0.6) is 0 Å². The summed E-state index contributed by atoms with van der Waals surface area (Å²) in [5, 5.41) is 31.2. The third-order valence-electron chi connectivity index (χ3n) is 7.03. The molecule has 1 saturated heterocycles. The zero-order chi connectivity index (χ0) is 14.5. The van der Waals surface area contributed by atoms with Gasteiger partial charge in [0.2, 0.25) is 0 Å². The number of Topliss-reactive ketones (excluding diaryl/α,β-unsaturated/α-hetero) is 1. The molecule has 0 unspecified atom stereocenters. The van der Waals surface area contributed by atoms with E-state index < -0.39 is 28.6 Å². The number of aliphatic hydroxyl groups is 3. The molecule has 20 heavy (non-hydrogen) atoms. The van der Waals surface area contributed by atoms with E-state index in [1.807, 2.05) is 13.8 Å². The van der Waals surface area contributed by atoms with Gasteiger partial charge in [0, 0.05) is 29.1 Å². The SMILES string of the molecule is C[C@H]1C[C@H]2O[C@@H]3[C@H](O)C[C@@]4(C)[C@]3(O)[C@@]4(CO)[C@H]2CC1=O. The summed E-state index contributed by atoms with van der Waals surface area (Å²) >= 11 is 0. The minimum absolute atomic E-state index is 0.0413. The minimum atomic E-state index is -1.18. The van der Waals surface area contributed by atoms with Crippen LogP contribution in [-0.4, -0.2) is 51.6 Å². The minimum Gasteiger partial charge on any atom is -0.396 e. The number of ketones is 1. The quantitative estimate of drug-likeness (QED) is 0.623. The fourth-order valence-corrected chi connectivity index (χ4v) is 5.93. The molecule has 0 aromatic carbocycles. The van der Waals surface area contributed by atoms with Gasteiger partial charge >= 0.3 is 0 Å². The Morgan fingerprint density at radius 1 is 1.45 bits per heavy atom. The first kappa shape index (κ1) is 13.2. The average Bonchev–Trinajstić information content (AvgIpc) is 2.72. The van der Waals surface area contributed by atoms with Crippen LogP contribution in [0.15, 0.2) is 0 Å². The number of carbonyl (C=O) groups excluding carboxylic acids is 1. The Kier molecular flexibility index (Phi) is 2.28. The molecule has 5 nitrogen and oxygen atoms in total. The third kappa shape index (κ3) is 1.02. The Morgan fingerprint density at radius 2 is 2.15 bits per heavy atom. The van der Waals surface area contributed by atoms with Crippen LogP contribution in [0.1, 0.15) is 33.1 Å². The van der Waals surface area contributed by atoms with Crippen LogP contribution in [-0.2, 0) is 9.53 Å². The molecule has 4 rings (SSSR count). The monoisotopic (exact) mass is 282 g/mol. The van der Waals surface area contributed by atoms with Crippen LogP contribution in [0, 0.1) is 22.7 Å². The standard InChI is InChI=1S/C15H22O5/c1-7-3-11-8(4-9(7)17)14(6-16)13(2)5-10(18)12(20-11)15(13,14)19/h7-8,10-12,16,18-19H,3-6H2,1-2H3/t7-,8-,10+,11+,12+,13+,14-,15-/m0/s1. The van der Waals surface area contributed by atoms with Gasteiger partial charge in [-0.2, -0.15) is 0 Å². The van der Waals surface area contributed by atoms with E-state index >= 15 is 0 Å². The molecule has 4 fully saturated rings. The second-order valence-electron chi connectivity index (χ2n) is 7.51. The maximum absolute atomic E-state index is 12.1. The highest BCUT2D eigenvalue weighted by molar-refractivity contribution is 5.82. The highest BCUT2D eigenvalue weighted by atomic mass is 16.5. The summed E-state index contributed by atoms with van der Waals surface area (Å²) in [7, 11) is 0. The molecular formula is C15H22O5. The molecule has 5 heteroatoms. The van der Waals surface area contributed by atoms with Crippen LogP contribution in [0.25, 0.3) is 0 Å². The van der Waals surface area contributed by atoms with Crippen molar-refractivity contribution < 1.29 is 24.9 Å². The molecule has 3 saturated carbocycles. The Balaban J connectivity index is 1.80. The summed E-state index contributed by atoms with van der Waals surface area (Å²) in [6.07, 6.45) is -0.0214. The molecule has 8 atom stereocenters. The topological polar surface area (TPSA) is 87.0 Å². The van der Waals surface area contributed by atoms with Gasteiger partial charge in [0.15, 0.2) is 0 Å². The van der Waals surface area contributed by atoms with Gasteiger partial charge in [-0.3, -0.25) is 4.79 Å². The smallest absolute Gasteiger partial charge is 0.136 e. The highest BCUT2D eigenvalue weighted by Crippen LogP contribution is 2.85. The molecule has 0 aromatic heterocycles. The van der Waals surface area contributed by atoms with Gasteiger partial charge in [-0.25, -0.2) is 0 Å². The summed E-state index contributed by atoms with van der Waals surface area (Å²) < 4.78 is 6.00. The lowest BCUT2D eigenvalue weighted by Gasteiger charge is -2.49. The van der Waals surface area contributed by atoms with Gasteiger partial charge in [0.1, 0.15) is 17.5 Å². The lowest BCUT2D eigenvalue weighted by atomic mass is 9.65. The van der Waals surface area contributed by atoms with E-state index in [0.717, 1.165) is 0 Å². The summed E-state index contributed by atoms with van der Waals surface area (Å²) in [6, 6.07) is 0. The second kappa shape index (κ2) is 3.46. The number of ether oxygens (including phenoxy) is 1. The fraction of sp³-hybridized carbons (Fsp3) is 0.933. The number of aliphatic hydroxyl groups excluding tert-OH is 2. The molecule has 1 heterocycles. The predicted molar refractivity (Wildman–Crippen MR) is 68.8 cm³/mol. The maximum atomic E-state index is 12.1. The first-order valence-electron chi connectivity index (χ1n) is 7.53. The van der Waals surface area contributed by atoms with Crippen LogP contribution in [0.2, 0.25) is 0 Å². The van der Waals surface area contributed by atoms with E-state index in [1.54, 1.807) is 0 Å². The molecule has 0 amide bonds. The van der Waals surface area contributed by atoms with Crippen molar-refractivity contribution in [1.29, 1.82) is 0 Å². The van der Waals surface area contributed by atoms with Crippen molar-refractivity contribution >= 4 is 5.78 Å². The fourth-order valence-electron chi connectivity index (χ4n) is 5.93. The van der Waals surface area contributed by atoms with E-state index in [0.29, 0.717) is 19.3 Å². The lowest BCUT2D eigenvalue weighted by Crippen LogP contribution is -2.58. The number of rotatable bonds is 1. The van der Waals surface area contributed by atoms with Gasteiger partial charge in [0.05, 0.1) is 18.8 Å². The number of hydrogen-bond donors (Lipinski definition) is 3. The first-order valence-corrected chi connectivity index (χ1v) is 7.53. The Morgan fingerprint density at radius 3 is 2.80 bits per heavy atom. The summed E-state index contributed by atoms with van der Waals surface area (Å²) in [5.74, 6) is 0.0224. The molecule has 0 spiro atoms. The summed E-state index contributed by atoms with van der Waals surface area (Å²) in [5.41, 5.74) is -2.40. The van der Waals surface area contributed by atoms with E-state index in [4.69, 9.17) is 4.74 Å². The Labute approximate surface area is 117 Å². The Bertz CT molecular complexity index is 493. The van der Waals surface area contributed by atoms with Gasteiger partial charge in [-0.05, 0) is 12.8 Å². The van der Waals surface area contributed by atoms with Crippen molar-refractivity contribution in [2.24, 2.45) is 22.7 Å². The van der Waals surface area contributed by atoms with Gasteiger partial charge < -0.3 is 20.1 Å². The molecule has 0 bridgehead atoms. The predicted octanol–water partition coefficient (Wildman–Crippen LogP) is -0.137. The largest absolute Gasteiger partial charge is 0.396 e. The molecule has 112 valence electrons. The van der Waals surface area contributed by atoms with Crippen molar-refractivity contribution in [3.8, 4) is 0 Å². The van der Waals surface area contributed by atoms with Gasteiger partial charge in [-0.15, -0.1) is 0 Å². The van der Waals surface area contributed by atoms with E-state index in [1.165, 1.54) is 0 Å². The first-order chi connectivity index (χ1) is 9.33. The molecule has 0 radical (unpaired) electrons. The normalized spacial score (nSPS) is 63.9. The van der Waals surface area contributed by atoms with Crippen molar-refractivity contribution in [3.05, 3.63) is 0 Å². The second-order valence-corrected chi connectivity index (χ2v) is 7.51. The Hall–Kier alpha value is -0.490. The van der Waals surface area contributed by atoms with Crippen LogP contribution in [0.4, 0.5) is 0 Å². The number of fused-ring (bicyclic) bond motifs is 3. The highest BCUT2D eigenvalue weighted by Gasteiger charge is 2.95. The third-order valence-corrected chi connectivity index (χ3v) is 7.03. The summed E-state index contributed by atoms with van der Waals surface area (Å²) in [4.78, 5) is 12.1. The van der Waals surface area contributed by atoms with Crippen molar-refractivity contribution in [1.82, 2.24) is 0 Å². The maximum Gasteiger partial charge on any atom is 0.136 e. The zero-order valence-corrected chi connectivity index (χ0v) is 11.9. The van der Waals surface area contributed by atoms with E-state index in [9.17, 15) is 20.1 Å². The molecule has 3 N–H and O–H groups in total. The van der Waals surface area contributed by atoms with Gasteiger partial charge in [-0.1, -0.05) is 13.8 Å². The molecule has 1 aliphatic heterocycles. The van der Waals surface area contributed by atoms with E-state index in [-0.39, 0.29) is 30.3 Å². The molecule has 3 aliphatic carbocycles. The van der Waals surface area contributed by atoms with Crippen molar-refractivity contribution in [2.75, 3.05) is 6.61 Å². The van der Waals surface area contributed by atoms with Gasteiger partial charge in [0.25, 0.3) is 0 Å². The molecule has 0 aromatic rings. The summed E-state index contributed by atoms with van der Waals surface area (Å²) in [6.45, 7) is 3.67. The molecule has 4 aliphatic rings. The average molecular weight is 282 g/mol. The van der Waals surface area contributed by atoms with Crippen LogP contribution in [0.3, 0.4) is 0 Å². The van der Waals surface area contributed by atoms with Crippen molar-refractivity contribution in [2.45, 2.75) is 57.0 Å². The zero-order valence-electron chi connectivity index (χ0n) is 11.9. The van der Waals surface area contributed by atoms with Crippen molar-refractivity contribution in [3.63, 3.8) is 0 Å². The van der Waals surface area contributed by atoms with Crippen LogP contribution < -0.4 is 0 Å². The number of hydrogen-bond acceptors (Lipinski definition) is 5. The lowest BCUT2D eigenvalue weighted by molar-refractivity contribution is -0.220. The van der Waals surface area contributed by atoms with Crippen LogP contribution >= 0.6 is 0 Å². The molecular weight excluding hydrogens is 260 g/mol. The number of carbonyl (C=O) groups is 1. The van der Waals surface area contributed by atoms with E-state index in [2.05, 4.69) is 0 Å².